The largest absolute Gasteiger partial charge is 0.437 e. The first-order chi connectivity index (χ1) is 10.1. The average molecular weight is 284 g/mol. The lowest BCUT2D eigenvalue weighted by atomic mass is 10.2. The molecule has 2 heterocycles. The minimum atomic E-state index is -0.451. The number of nitro groups is 1. The second-order valence-electron chi connectivity index (χ2n) is 4.65. The Labute approximate surface area is 120 Å². The van der Waals surface area contributed by atoms with E-state index in [0.29, 0.717) is 11.6 Å². The molecule has 21 heavy (non-hydrogen) atoms. The summed E-state index contributed by atoms with van der Waals surface area (Å²) >= 11 is 0. The van der Waals surface area contributed by atoms with Crippen LogP contribution in [0.15, 0.2) is 36.8 Å². The van der Waals surface area contributed by atoms with E-state index in [-0.39, 0.29) is 5.69 Å². The first kappa shape index (κ1) is 13.0. The third-order valence-electron chi connectivity index (χ3n) is 3.31. The molecule has 0 atom stereocenters. The maximum absolute atomic E-state index is 10.6. The van der Waals surface area contributed by atoms with Crippen LogP contribution in [0.3, 0.4) is 0 Å². The molecule has 0 amide bonds. The van der Waals surface area contributed by atoms with Crippen LogP contribution in [0.25, 0.3) is 5.52 Å². The zero-order valence-electron chi connectivity index (χ0n) is 11.5. The number of nitro benzene ring substituents is 1. The van der Waals surface area contributed by atoms with Crippen LogP contribution in [0, 0.1) is 24.0 Å². The summed E-state index contributed by atoms with van der Waals surface area (Å²) in [6.45, 7) is 3.95. The molecule has 0 bridgehead atoms. The van der Waals surface area contributed by atoms with Crippen molar-refractivity contribution in [2.45, 2.75) is 13.8 Å². The summed E-state index contributed by atoms with van der Waals surface area (Å²) in [6.07, 6.45) is 3.31. The van der Waals surface area contributed by atoms with Gasteiger partial charge in [0.25, 0.3) is 5.69 Å². The number of ether oxygens (including phenoxy) is 1. The number of nitrogens with zero attached hydrogens (tertiary/aromatic N) is 4. The molecular formula is C14H12N4O3. The quantitative estimate of drug-likeness (QED) is 0.545. The topological polar surface area (TPSA) is 82.6 Å². The molecule has 0 aliphatic heterocycles. The van der Waals surface area contributed by atoms with Crippen LogP contribution in [0.1, 0.15) is 11.1 Å². The SMILES string of the molecule is Cc1cn2ncnc(Oc3ccc([N+](=O)[O-])cc3)c2c1C. The van der Waals surface area contributed by atoms with Crippen molar-refractivity contribution in [2.24, 2.45) is 0 Å². The Hall–Kier alpha value is -2.96. The van der Waals surface area contributed by atoms with Gasteiger partial charge in [0.05, 0.1) is 4.92 Å². The summed E-state index contributed by atoms with van der Waals surface area (Å²) in [6, 6.07) is 5.87. The standard InChI is InChI=1S/C14H12N4O3/c1-9-7-17-13(10(9)2)14(15-8-16-17)21-12-5-3-11(4-6-12)18(19)20/h3-8H,1-2H3. The highest BCUT2D eigenvalue weighted by Gasteiger charge is 2.12. The monoisotopic (exact) mass is 284 g/mol. The Morgan fingerprint density at radius 2 is 1.95 bits per heavy atom. The van der Waals surface area contributed by atoms with Crippen LogP contribution in [0.5, 0.6) is 11.6 Å². The number of hydrogen-bond acceptors (Lipinski definition) is 5. The van der Waals surface area contributed by atoms with Crippen molar-refractivity contribution in [3.05, 3.63) is 58.0 Å². The minimum Gasteiger partial charge on any atom is -0.437 e. The number of benzene rings is 1. The second kappa shape index (κ2) is 4.86. The molecule has 0 N–H and O–H groups in total. The lowest BCUT2D eigenvalue weighted by molar-refractivity contribution is -0.384. The molecule has 0 aliphatic rings. The first-order valence-electron chi connectivity index (χ1n) is 6.28. The van der Waals surface area contributed by atoms with Crippen molar-refractivity contribution in [3.8, 4) is 11.6 Å². The van der Waals surface area contributed by atoms with E-state index in [2.05, 4.69) is 10.1 Å². The van der Waals surface area contributed by atoms with Gasteiger partial charge in [-0.3, -0.25) is 10.1 Å². The second-order valence-corrected chi connectivity index (χ2v) is 4.65. The fourth-order valence-electron chi connectivity index (χ4n) is 2.07. The van der Waals surface area contributed by atoms with E-state index in [9.17, 15) is 10.1 Å². The molecular weight excluding hydrogens is 272 g/mol. The number of non-ortho nitro benzene ring substituents is 1. The number of fused-ring (bicyclic) bond motifs is 1. The van der Waals surface area contributed by atoms with Crippen LogP contribution >= 0.6 is 0 Å². The van der Waals surface area contributed by atoms with E-state index >= 15 is 0 Å². The zero-order valence-corrected chi connectivity index (χ0v) is 11.5. The first-order valence-corrected chi connectivity index (χ1v) is 6.28. The van der Waals surface area contributed by atoms with Crippen LogP contribution in [-0.2, 0) is 0 Å². The van der Waals surface area contributed by atoms with Gasteiger partial charge in [-0.25, -0.2) is 4.52 Å². The summed E-state index contributed by atoms with van der Waals surface area (Å²) in [5.41, 5.74) is 2.93. The van der Waals surface area contributed by atoms with Crippen LogP contribution in [0.4, 0.5) is 5.69 Å². The third kappa shape index (κ3) is 2.29. The molecule has 0 unspecified atom stereocenters. The van der Waals surface area contributed by atoms with Gasteiger partial charge in [-0.05, 0) is 37.1 Å². The van der Waals surface area contributed by atoms with Gasteiger partial charge < -0.3 is 4.74 Å². The fourth-order valence-corrected chi connectivity index (χ4v) is 2.07. The summed E-state index contributed by atoms with van der Waals surface area (Å²) in [7, 11) is 0. The number of aromatic nitrogens is 3. The van der Waals surface area contributed by atoms with Gasteiger partial charge in [0.15, 0.2) is 0 Å². The van der Waals surface area contributed by atoms with E-state index < -0.39 is 4.92 Å². The van der Waals surface area contributed by atoms with Gasteiger partial charge in [0.1, 0.15) is 17.6 Å². The van der Waals surface area contributed by atoms with E-state index in [1.807, 2.05) is 20.0 Å². The summed E-state index contributed by atoms with van der Waals surface area (Å²) in [4.78, 5) is 14.3. The number of rotatable bonds is 3. The number of aryl methyl sites for hydroxylation is 2. The predicted molar refractivity (Wildman–Crippen MR) is 75.6 cm³/mol. The van der Waals surface area contributed by atoms with Crippen molar-refractivity contribution < 1.29 is 9.66 Å². The van der Waals surface area contributed by atoms with Crippen molar-refractivity contribution in [3.63, 3.8) is 0 Å². The third-order valence-corrected chi connectivity index (χ3v) is 3.31. The Morgan fingerprint density at radius 3 is 2.62 bits per heavy atom. The van der Waals surface area contributed by atoms with Crippen molar-refractivity contribution in [1.82, 2.24) is 14.6 Å². The molecule has 0 saturated heterocycles. The molecule has 7 nitrogen and oxygen atoms in total. The lowest BCUT2D eigenvalue weighted by Gasteiger charge is -2.06. The van der Waals surface area contributed by atoms with Gasteiger partial charge in [0, 0.05) is 18.3 Å². The van der Waals surface area contributed by atoms with Gasteiger partial charge >= 0.3 is 0 Å². The number of hydrogen-bond donors (Lipinski definition) is 0. The van der Waals surface area contributed by atoms with Crippen molar-refractivity contribution >= 4 is 11.2 Å². The highest BCUT2D eigenvalue weighted by Crippen LogP contribution is 2.28. The van der Waals surface area contributed by atoms with Crippen LogP contribution in [-0.4, -0.2) is 19.5 Å². The van der Waals surface area contributed by atoms with Gasteiger partial charge in [-0.2, -0.15) is 10.1 Å². The zero-order chi connectivity index (χ0) is 15.0. The highest BCUT2D eigenvalue weighted by molar-refractivity contribution is 5.65. The maximum Gasteiger partial charge on any atom is 0.269 e. The molecule has 0 fully saturated rings. The van der Waals surface area contributed by atoms with E-state index in [0.717, 1.165) is 16.6 Å². The average Bonchev–Trinajstić information content (AvgIpc) is 2.76. The summed E-state index contributed by atoms with van der Waals surface area (Å²) in [5.74, 6) is 0.906. The molecule has 1 aromatic carbocycles. The van der Waals surface area contributed by atoms with Gasteiger partial charge in [0.2, 0.25) is 5.88 Å². The van der Waals surface area contributed by atoms with E-state index in [1.165, 1.54) is 18.5 Å². The van der Waals surface area contributed by atoms with Crippen LogP contribution in [0.2, 0.25) is 0 Å². The van der Waals surface area contributed by atoms with Crippen molar-refractivity contribution in [2.75, 3.05) is 0 Å². The van der Waals surface area contributed by atoms with Gasteiger partial charge in [-0.15, -0.1) is 0 Å². The Kier molecular flexibility index (Phi) is 3.02. The highest BCUT2D eigenvalue weighted by atomic mass is 16.6. The molecule has 0 spiro atoms. The molecule has 7 heteroatoms. The smallest absolute Gasteiger partial charge is 0.269 e. The Balaban J connectivity index is 2.00. The molecule has 3 rings (SSSR count). The maximum atomic E-state index is 10.6. The van der Waals surface area contributed by atoms with E-state index in [1.54, 1.807) is 16.6 Å². The Bertz CT molecular complexity index is 824. The predicted octanol–water partition coefficient (Wildman–Crippen LogP) is 3.05. The lowest BCUT2D eigenvalue weighted by Crippen LogP contribution is -1.96. The molecule has 0 radical (unpaired) electrons. The fraction of sp³-hybridized carbons (Fsp3) is 0.143. The molecule has 0 aliphatic carbocycles. The molecule has 3 aromatic rings. The molecule has 106 valence electrons. The molecule has 2 aromatic heterocycles. The Morgan fingerprint density at radius 1 is 1.24 bits per heavy atom. The van der Waals surface area contributed by atoms with Crippen molar-refractivity contribution in [1.29, 1.82) is 0 Å². The minimum absolute atomic E-state index is 0.0184. The van der Waals surface area contributed by atoms with Gasteiger partial charge in [-0.1, -0.05) is 0 Å². The summed E-state index contributed by atoms with van der Waals surface area (Å²) in [5, 5.41) is 14.8. The molecule has 0 saturated carbocycles. The van der Waals surface area contributed by atoms with E-state index in [4.69, 9.17) is 4.74 Å². The summed E-state index contributed by atoms with van der Waals surface area (Å²) < 4.78 is 7.43. The normalized spacial score (nSPS) is 10.8. The van der Waals surface area contributed by atoms with Crippen LogP contribution < -0.4 is 4.74 Å².